The topological polar surface area (TPSA) is 70.7 Å². The molecule has 0 amide bonds. The van der Waals surface area contributed by atoms with E-state index in [4.69, 9.17) is 13.9 Å². The van der Waals surface area contributed by atoms with Gasteiger partial charge in [0.1, 0.15) is 11.3 Å². The van der Waals surface area contributed by atoms with Gasteiger partial charge in [-0.25, -0.2) is 4.79 Å². The first kappa shape index (κ1) is 19.5. The maximum absolute atomic E-state index is 12.7. The summed E-state index contributed by atoms with van der Waals surface area (Å²) in [4.78, 5) is 25.0. The fourth-order valence-electron chi connectivity index (χ4n) is 3.54. The van der Waals surface area contributed by atoms with Gasteiger partial charge >= 0.3 is 5.97 Å². The van der Waals surface area contributed by atoms with Crippen molar-refractivity contribution in [2.45, 2.75) is 13.8 Å². The van der Waals surface area contributed by atoms with E-state index < -0.39 is 5.97 Å². The summed E-state index contributed by atoms with van der Waals surface area (Å²) in [6.45, 7) is 3.43. The molecular weight excluding hydrogens is 382 g/mol. The van der Waals surface area contributed by atoms with Gasteiger partial charge in [0, 0.05) is 28.0 Å². The molecule has 0 aliphatic rings. The molecule has 4 aromatic rings. The van der Waals surface area contributed by atoms with Crippen LogP contribution in [0.5, 0.6) is 5.75 Å². The van der Waals surface area contributed by atoms with Crippen molar-refractivity contribution in [2.75, 3.05) is 13.7 Å². The summed E-state index contributed by atoms with van der Waals surface area (Å²) < 4.78 is 17.9. The Morgan fingerprint density at radius 2 is 1.73 bits per heavy atom. The number of hydrogen-bond acceptors (Lipinski definition) is 5. The molecule has 6 heteroatoms. The number of nitrogens with zero attached hydrogens (tertiary/aromatic N) is 1. The van der Waals surface area contributed by atoms with Gasteiger partial charge in [-0.15, -0.1) is 0 Å². The predicted molar refractivity (Wildman–Crippen MR) is 113 cm³/mol. The highest BCUT2D eigenvalue weighted by molar-refractivity contribution is 6.00. The Hall–Kier alpha value is -3.80. The molecule has 152 valence electrons. The van der Waals surface area contributed by atoms with Crippen molar-refractivity contribution in [1.29, 1.82) is 0 Å². The summed E-state index contributed by atoms with van der Waals surface area (Å²) in [5.74, 6) is -0.0986. The summed E-state index contributed by atoms with van der Waals surface area (Å²) in [7, 11) is 1.62. The maximum atomic E-state index is 12.7. The van der Waals surface area contributed by atoms with Gasteiger partial charge in [-0.05, 0) is 56.3 Å². The molecule has 0 N–H and O–H groups in total. The van der Waals surface area contributed by atoms with Gasteiger partial charge in [0.15, 0.2) is 6.61 Å². The smallest absolute Gasteiger partial charge is 0.374 e. The van der Waals surface area contributed by atoms with Crippen LogP contribution < -0.4 is 4.74 Å². The molecule has 0 aliphatic carbocycles. The van der Waals surface area contributed by atoms with Crippen molar-refractivity contribution in [2.24, 2.45) is 0 Å². The Balaban J connectivity index is 1.50. The molecule has 6 nitrogen and oxygen atoms in total. The van der Waals surface area contributed by atoms with Crippen LogP contribution >= 0.6 is 0 Å². The Kier molecular flexibility index (Phi) is 5.14. The lowest BCUT2D eigenvalue weighted by Gasteiger charge is -2.10. The fraction of sp³-hybridized carbons (Fsp3) is 0.167. The number of aryl methyl sites for hydroxylation is 1. The number of ether oxygens (including phenoxy) is 2. The third-order valence-electron chi connectivity index (χ3n) is 5.02. The Bertz CT molecular complexity index is 1200. The molecule has 0 saturated carbocycles. The van der Waals surface area contributed by atoms with E-state index in [2.05, 4.69) is 0 Å². The lowest BCUT2D eigenvalue weighted by Crippen LogP contribution is -2.14. The zero-order valence-electron chi connectivity index (χ0n) is 17.0. The zero-order valence-corrected chi connectivity index (χ0v) is 17.0. The standard InChI is InChI=1S/C24H21NO5/c1-15-12-20(16(2)25(15)18-8-10-19(28-3)11-9-18)21(26)14-29-24(27)23-13-17-6-4-5-7-22(17)30-23/h4-13H,14H2,1-3H3. The Morgan fingerprint density at radius 3 is 2.43 bits per heavy atom. The van der Waals surface area contributed by atoms with Gasteiger partial charge in [0.25, 0.3) is 0 Å². The molecule has 0 bridgehead atoms. The van der Waals surface area contributed by atoms with Crippen LogP contribution in [0.25, 0.3) is 16.7 Å². The van der Waals surface area contributed by atoms with Gasteiger partial charge in [0.05, 0.1) is 7.11 Å². The third-order valence-corrected chi connectivity index (χ3v) is 5.02. The number of carbonyl (C=O) groups is 2. The highest BCUT2D eigenvalue weighted by Gasteiger charge is 2.20. The van der Waals surface area contributed by atoms with Gasteiger partial charge in [-0.3, -0.25) is 4.79 Å². The highest BCUT2D eigenvalue weighted by Crippen LogP contribution is 2.24. The number of benzene rings is 2. The third kappa shape index (κ3) is 3.59. The number of Topliss-reactive ketones (excluding diaryl/α,β-unsaturated/α-hetero) is 1. The van der Waals surface area contributed by atoms with Crippen molar-refractivity contribution in [3.05, 3.63) is 83.4 Å². The van der Waals surface area contributed by atoms with Crippen LogP contribution in [0, 0.1) is 13.8 Å². The summed E-state index contributed by atoms with van der Waals surface area (Å²) in [5, 5.41) is 0.804. The number of ketones is 1. The lowest BCUT2D eigenvalue weighted by atomic mass is 10.1. The zero-order chi connectivity index (χ0) is 21.3. The van der Waals surface area contributed by atoms with E-state index in [0.717, 1.165) is 28.2 Å². The molecule has 2 aromatic carbocycles. The first-order chi connectivity index (χ1) is 14.5. The number of furan rings is 1. The van der Waals surface area contributed by atoms with Crippen LogP contribution in [-0.4, -0.2) is 30.0 Å². The van der Waals surface area contributed by atoms with Crippen LogP contribution in [0.2, 0.25) is 0 Å². The van der Waals surface area contributed by atoms with Crippen molar-refractivity contribution in [3.8, 4) is 11.4 Å². The number of aromatic nitrogens is 1. The lowest BCUT2D eigenvalue weighted by molar-refractivity contribution is 0.0446. The monoisotopic (exact) mass is 403 g/mol. The SMILES string of the molecule is COc1ccc(-n2c(C)cc(C(=O)COC(=O)c3cc4ccccc4o3)c2C)cc1. The van der Waals surface area contributed by atoms with E-state index in [1.54, 1.807) is 25.3 Å². The molecule has 2 aromatic heterocycles. The molecule has 0 aliphatic heterocycles. The molecule has 2 heterocycles. The van der Waals surface area contributed by atoms with E-state index in [1.807, 2.05) is 60.9 Å². The van der Waals surface area contributed by atoms with E-state index in [9.17, 15) is 9.59 Å². The summed E-state index contributed by atoms with van der Waals surface area (Å²) in [5.41, 5.74) is 3.72. The second-order valence-corrected chi connectivity index (χ2v) is 6.97. The van der Waals surface area contributed by atoms with E-state index in [1.165, 1.54) is 0 Å². The quantitative estimate of drug-likeness (QED) is 0.339. The van der Waals surface area contributed by atoms with Gasteiger partial charge < -0.3 is 18.5 Å². The Labute approximate surface area is 173 Å². The summed E-state index contributed by atoms with van der Waals surface area (Å²) in [6.07, 6.45) is 0. The molecule has 30 heavy (non-hydrogen) atoms. The van der Waals surface area contributed by atoms with E-state index in [0.29, 0.717) is 11.1 Å². The molecule has 0 fully saturated rings. The predicted octanol–water partition coefficient (Wildman–Crippen LogP) is 4.89. The minimum Gasteiger partial charge on any atom is -0.497 e. The first-order valence-electron chi connectivity index (χ1n) is 9.50. The van der Waals surface area contributed by atoms with Crippen molar-refractivity contribution in [1.82, 2.24) is 4.57 Å². The average Bonchev–Trinajstić information content (AvgIpc) is 3.32. The highest BCUT2D eigenvalue weighted by atomic mass is 16.5. The second kappa shape index (κ2) is 7.91. The normalized spacial score (nSPS) is 10.9. The number of para-hydroxylation sites is 1. The minimum absolute atomic E-state index is 0.0766. The van der Waals surface area contributed by atoms with Gasteiger partial charge in [-0.2, -0.15) is 0 Å². The largest absolute Gasteiger partial charge is 0.497 e. The number of rotatable bonds is 6. The summed E-state index contributed by atoms with van der Waals surface area (Å²) in [6, 6.07) is 18.3. The van der Waals surface area contributed by atoms with Gasteiger partial charge in [0.2, 0.25) is 11.5 Å². The molecular formula is C24H21NO5. The number of esters is 1. The molecule has 0 spiro atoms. The summed E-state index contributed by atoms with van der Waals surface area (Å²) >= 11 is 0. The molecule has 0 atom stereocenters. The molecule has 0 radical (unpaired) electrons. The number of fused-ring (bicyclic) bond motifs is 1. The van der Waals surface area contributed by atoms with Gasteiger partial charge in [-0.1, -0.05) is 18.2 Å². The van der Waals surface area contributed by atoms with Crippen LogP contribution in [0.1, 0.15) is 32.3 Å². The number of hydrogen-bond donors (Lipinski definition) is 0. The van der Waals surface area contributed by atoms with Crippen molar-refractivity contribution < 1.29 is 23.5 Å². The van der Waals surface area contributed by atoms with E-state index in [-0.39, 0.29) is 18.2 Å². The fourth-order valence-corrected chi connectivity index (χ4v) is 3.54. The van der Waals surface area contributed by atoms with Crippen LogP contribution in [-0.2, 0) is 4.74 Å². The number of carbonyl (C=O) groups excluding carboxylic acids is 2. The minimum atomic E-state index is -0.663. The van der Waals surface area contributed by atoms with Crippen molar-refractivity contribution >= 4 is 22.7 Å². The maximum Gasteiger partial charge on any atom is 0.374 e. The van der Waals surface area contributed by atoms with Crippen molar-refractivity contribution in [3.63, 3.8) is 0 Å². The molecule has 4 rings (SSSR count). The van der Waals surface area contributed by atoms with Crippen LogP contribution in [0.4, 0.5) is 0 Å². The molecule has 0 saturated heterocycles. The first-order valence-corrected chi connectivity index (χ1v) is 9.50. The number of methoxy groups -OCH3 is 1. The average molecular weight is 403 g/mol. The van der Waals surface area contributed by atoms with E-state index >= 15 is 0 Å². The van der Waals surface area contributed by atoms with Crippen LogP contribution in [0.3, 0.4) is 0 Å². The Morgan fingerprint density at radius 1 is 1.00 bits per heavy atom. The van der Waals surface area contributed by atoms with Crippen LogP contribution in [0.15, 0.2) is 65.1 Å². The second-order valence-electron chi connectivity index (χ2n) is 6.97. The molecule has 0 unspecified atom stereocenters.